The number of aromatic nitrogens is 1. The molecule has 0 spiro atoms. The molecule has 0 bridgehead atoms. The van der Waals surface area contributed by atoms with E-state index in [9.17, 15) is 26.7 Å². The van der Waals surface area contributed by atoms with Gasteiger partial charge in [0, 0.05) is 11.3 Å². The van der Waals surface area contributed by atoms with Crippen LogP contribution in [0.1, 0.15) is 21.5 Å². The summed E-state index contributed by atoms with van der Waals surface area (Å²) in [5, 5.41) is 2.11. The first-order chi connectivity index (χ1) is 14.7. The quantitative estimate of drug-likeness (QED) is 0.243. The molecule has 0 unspecified atom stereocenters. The first kappa shape index (κ1) is 20.5. The number of rotatable bonds is 3. The van der Waals surface area contributed by atoms with Crippen LogP contribution in [0.2, 0.25) is 0 Å². The summed E-state index contributed by atoms with van der Waals surface area (Å²) in [6.07, 6.45) is 0. The summed E-state index contributed by atoms with van der Waals surface area (Å²) >= 11 is 0. The number of fused-ring (bicyclic) bond motifs is 1. The highest BCUT2D eigenvalue weighted by Gasteiger charge is 2.29. The Morgan fingerprint density at radius 2 is 1.39 bits per heavy atom. The number of oxazole rings is 1. The predicted molar refractivity (Wildman–Crippen MR) is 103 cm³/mol. The van der Waals surface area contributed by atoms with Crippen molar-refractivity contribution < 1.29 is 31.2 Å². The molecule has 158 valence electrons. The minimum absolute atomic E-state index is 0.0699. The van der Waals surface area contributed by atoms with Crippen molar-refractivity contribution in [2.75, 3.05) is 5.32 Å². The Balaban J connectivity index is 1.61. The molecule has 1 aromatic heterocycles. The van der Waals surface area contributed by atoms with Crippen LogP contribution >= 0.6 is 0 Å². The topological polar surface area (TPSA) is 55.1 Å². The van der Waals surface area contributed by atoms with Gasteiger partial charge in [0.05, 0.1) is 0 Å². The van der Waals surface area contributed by atoms with Crippen LogP contribution in [0.25, 0.3) is 22.6 Å². The molecule has 0 aliphatic heterocycles. The molecule has 4 rings (SSSR count). The lowest BCUT2D eigenvalue weighted by Gasteiger charge is -2.09. The Bertz CT molecular complexity index is 1280. The molecular weight excluding hydrogens is 419 g/mol. The summed E-state index contributed by atoms with van der Waals surface area (Å²) < 4.78 is 73.1. The second-order valence-electron chi connectivity index (χ2n) is 6.90. The van der Waals surface area contributed by atoms with Gasteiger partial charge in [0.25, 0.3) is 5.91 Å². The second-order valence-corrected chi connectivity index (χ2v) is 6.90. The van der Waals surface area contributed by atoms with E-state index < -0.39 is 40.6 Å². The molecule has 0 radical (unpaired) electrons. The van der Waals surface area contributed by atoms with Gasteiger partial charge in [-0.05, 0) is 61.4 Å². The summed E-state index contributed by atoms with van der Waals surface area (Å²) in [5.41, 5.74) is 2.43. The van der Waals surface area contributed by atoms with E-state index in [-0.39, 0.29) is 5.69 Å². The van der Waals surface area contributed by atoms with Crippen molar-refractivity contribution in [1.82, 2.24) is 4.98 Å². The van der Waals surface area contributed by atoms with Gasteiger partial charge >= 0.3 is 0 Å². The van der Waals surface area contributed by atoms with Crippen molar-refractivity contribution in [2.45, 2.75) is 13.8 Å². The Morgan fingerprint density at radius 3 is 2.00 bits per heavy atom. The molecule has 0 saturated heterocycles. The maximum absolute atomic E-state index is 13.8. The lowest BCUT2D eigenvalue weighted by atomic mass is 10.1. The fourth-order valence-corrected chi connectivity index (χ4v) is 3.00. The van der Waals surface area contributed by atoms with Crippen molar-refractivity contribution in [3.63, 3.8) is 0 Å². The van der Waals surface area contributed by atoms with Crippen LogP contribution in [0.3, 0.4) is 0 Å². The van der Waals surface area contributed by atoms with E-state index >= 15 is 0 Å². The van der Waals surface area contributed by atoms with Crippen molar-refractivity contribution in [3.05, 3.63) is 82.2 Å². The third-order valence-electron chi connectivity index (χ3n) is 4.83. The molecule has 3 aromatic carbocycles. The maximum atomic E-state index is 13.8. The van der Waals surface area contributed by atoms with Crippen molar-refractivity contribution >= 4 is 22.7 Å². The highest BCUT2D eigenvalue weighted by Crippen LogP contribution is 2.28. The molecule has 0 aliphatic carbocycles. The van der Waals surface area contributed by atoms with Crippen LogP contribution in [-0.4, -0.2) is 10.9 Å². The molecule has 31 heavy (non-hydrogen) atoms. The lowest BCUT2D eigenvalue weighted by molar-refractivity contribution is 0.101. The molecule has 0 aliphatic rings. The van der Waals surface area contributed by atoms with Gasteiger partial charge in [-0.1, -0.05) is 0 Å². The van der Waals surface area contributed by atoms with Crippen LogP contribution in [0.15, 0.2) is 40.8 Å². The van der Waals surface area contributed by atoms with Crippen LogP contribution in [-0.2, 0) is 0 Å². The zero-order chi connectivity index (χ0) is 22.4. The number of amides is 1. The Labute approximate surface area is 172 Å². The zero-order valence-corrected chi connectivity index (χ0v) is 16.1. The fraction of sp³-hybridized carbons (Fsp3) is 0.0909. The van der Waals surface area contributed by atoms with Crippen molar-refractivity contribution in [1.29, 1.82) is 0 Å². The molecule has 0 saturated carbocycles. The van der Waals surface area contributed by atoms with Crippen molar-refractivity contribution in [3.8, 4) is 11.5 Å². The first-order valence-corrected chi connectivity index (χ1v) is 8.98. The number of hydrogen-bond acceptors (Lipinski definition) is 3. The average Bonchev–Trinajstić information content (AvgIpc) is 3.14. The summed E-state index contributed by atoms with van der Waals surface area (Å²) in [7, 11) is 0. The van der Waals surface area contributed by atoms with Gasteiger partial charge in [-0.15, -0.1) is 0 Å². The van der Waals surface area contributed by atoms with E-state index in [0.717, 1.165) is 11.1 Å². The number of nitrogens with one attached hydrogen (secondary N) is 1. The zero-order valence-electron chi connectivity index (χ0n) is 16.1. The summed E-state index contributed by atoms with van der Waals surface area (Å²) in [6.45, 7) is 3.89. The summed E-state index contributed by atoms with van der Waals surface area (Å²) in [6, 6.07) is 9.56. The highest BCUT2D eigenvalue weighted by atomic mass is 19.2. The van der Waals surface area contributed by atoms with Gasteiger partial charge in [0.2, 0.25) is 11.7 Å². The number of hydrogen-bond donors (Lipinski definition) is 1. The molecule has 4 nitrogen and oxygen atoms in total. The summed E-state index contributed by atoms with van der Waals surface area (Å²) in [4.78, 5) is 16.5. The summed E-state index contributed by atoms with van der Waals surface area (Å²) in [5.74, 6) is -12.3. The minimum Gasteiger partial charge on any atom is -0.436 e. The number of carbonyl (C=O) groups is 1. The molecular formula is C22H13F5N2O2. The predicted octanol–water partition coefficient (Wildman–Crippen LogP) is 6.06. The molecule has 9 heteroatoms. The van der Waals surface area contributed by atoms with Gasteiger partial charge in [-0.25, -0.2) is 26.9 Å². The fourth-order valence-electron chi connectivity index (χ4n) is 3.00. The lowest BCUT2D eigenvalue weighted by Crippen LogP contribution is -2.19. The van der Waals surface area contributed by atoms with Gasteiger partial charge in [0.1, 0.15) is 11.1 Å². The van der Waals surface area contributed by atoms with Crippen LogP contribution in [0.4, 0.5) is 27.6 Å². The largest absolute Gasteiger partial charge is 0.436 e. The van der Waals surface area contributed by atoms with Crippen LogP contribution < -0.4 is 5.32 Å². The van der Waals surface area contributed by atoms with Gasteiger partial charge in [-0.2, -0.15) is 0 Å². The molecule has 1 amide bonds. The number of halogens is 5. The minimum atomic E-state index is -2.33. The number of carbonyl (C=O) groups excluding carboxylic acids is 1. The van der Waals surface area contributed by atoms with E-state index in [1.807, 2.05) is 26.0 Å². The number of benzene rings is 3. The van der Waals surface area contributed by atoms with Crippen molar-refractivity contribution in [2.24, 2.45) is 0 Å². The van der Waals surface area contributed by atoms with E-state index in [0.29, 0.717) is 22.6 Å². The Morgan fingerprint density at radius 1 is 0.839 bits per heavy atom. The standard InChI is InChI=1S/C22H13F5N2O2/c1-9-7-13-14(8-10(9)2)31-22(29-13)11-3-5-12(6-4-11)28-21(30)15-16(23)18(25)20(27)19(26)17(15)24/h3-8H,1-2H3,(H,28,30). The monoisotopic (exact) mass is 432 g/mol. The number of aryl methyl sites for hydroxylation is 2. The third kappa shape index (κ3) is 3.52. The first-order valence-electron chi connectivity index (χ1n) is 8.98. The van der Waals surface area contributed by atoms with E-state index in [1.54, 1.807) is 0 Å². The van der Waals surface area contributed by atoms with Gasteiger partial charge in [0.15, 0.2) is 28.9 Å². The maximum Gasteiger partial charge on any atom is 0.261 e. The van der Waals surface area contributed by atoms with Crippen LogP contribution in [0, 0.1) is 42.9 Å². The number of nitrogens with zero attached hydrogens (tertiary/aromatic N) is 1. The van der Waals surface area contributed by atoms with Crippen LogP contribution in [0.5, 0.6) is 0 Å². The third-order valence-corrected chi connectivity index (χ3v) is 4.83. The molecule has 0 atom stereocenters. The Hall–Kier alpha value is -3.75. The molecule has 1 heterocycles. The normalized spacial score (nSPS) is 11.2. The highest BCUT2D eigenvalue weighted by molar-refractivity contribution is 6.04. The second kappa shape index (κ2) is 7.50. The van der Waals surface area contributed by atoms with E-state index in [1.165, 1.54) is 24.3 Å². The van der Waals surface area contributed by atoms with E-state index in [2.05, 4.69) is 10.3 Å². The molecule has 0 fully saturated rings. The SMILES string of the molecule is Cc1cc2nc(-c3ccc(NC(=O)c4c(F)c(F)c(F)c(F)c4F)cc3)oc2cc1C. The number of anilines is 1. The molecule has 1 N–H and O–H groups in total. The van der Waals surface area contributed by atoms with Gasteiger partial charge in [-0.3, -0.25) is 4.79 Å². The Kier molecular flexibility index (Phi) is 4.96. The van der Waals surface area contributed by atoms with Gasteiger partial charge < -0.3 is 9.73 Å². The average molecular weight is 432 g/mol. The molecule has 4 aromatic rings. The van der Waals surface area contributed by atoms with E-state index in [4.69, 9.17) is 4.42 Å². The smallest absolute Gasteiger partial charge is 0.261 e.